The van der Waals surface area contributed by atoms with Crippen LogP contribution in [0.1, 0.15) is 23.9 Å². The number of urea groups is 1. The number of carbonyl (C=O) groups is 2. The molecule has 2 N–H and O–H groups in total. The van der Waals surface area contributed by atoms with Crippen molar-refractivity contribution in [3.8, 4) is 17.2 Å². The van der Waals surface area contributed by atoms with Crippen molar-refractivity contribution >= 4 is 47.2 Å². The number of methoxy groups -OCH3 is 1. The average molecular weight is 679 g/mol. The van der Waals surface area contributed by atoms with Crippen LogP contribution < -0.4 is 25.0 Å². The summed E-state index contributed by atoms with van der Waals surface area (Å²) in [5.41, 5.74) is 2.49. The van der Waals surface area contributed by atoms with Crippen LogP contribution in [-0.4, -0.2) is 51.9 Å². The first-order valence-electron chi connectivity index (χ1n) is 13.7. The number of thioether (sulfide) groups is 1. The summed E-state index contributed by atoms with van der Waals surface area (Å²) in [6.45, 7) is 4.06. The van der Waals surface area contributed by atoms with Crippen LogP contribution in [0.15, 0.2) is 67.0 Å². The predicted molar refractivity (Wildman–Crippen MR) is 168 cm³/mol. The van der Waals surface area contributed by atoms with E-state index in [2.05, 4.69) is 25.5 Å². The highest BCUT2D eigenvalue weighted by molar-refractivity contribution is 7.99. The summed E-state index contributed by atoms with van der Waals surface area (Å²) < 4.78 is 53.5. The summed E-state index contributed by atoms with van der Waals surface area (Å²) in [6, 6.07) is 14.9. The highest BCUT2D eigenvalue weighted by Gasteiger charge is 2.31. The van der Waals surface area contributed by atoms with Crippen LogP contribution in [0.3, 0.4) is 0 Å². The van der Waals surface area contributed by atoms with Gasteiger partial charge in [0.2, 0.25) is 6.41 Å². The van der Waals surface area contributed by atoms with E-state index in [4.69, 9.17) is 21.1 Å². The molecule has 46 heavy (non-hydrogen) atoms. The van der Waals surface area contributed by atoms with Crippen molar-refractivity contribution in [2.45, 2.75) is 38.9 Å². The number of nitrogens with one attached hydrogen (secondary N) is 2. The molecule has 0 aliphatic heterocycles. The van der Waals surface area contributed by atoms with Gasteiger partial charge in [0.1, 0.15) is 24.4 Å². The number of hydrogen-bond donors (Lipinski definition) is 2. The molecule has 0 spiro atoms. The summed E-state index contributed by atoms with van der Waals surface area (Å²) >= 11 is 7.77. The van der Waals surface area contributed by atoms with E-state index in [1.807, 2.05) is 32.0 Å². The predicted octanol–water partition coefficient (Wildman–Crippen LogP) is 6.67. The van der Waals surface area contributed by atoms with E-state index in [0.717, 1.165) is 11.1 Å². The van der Waals surface area contributed by atoms with Crippen LogP contribution >= 0.6 is 23.4 Å². The van der Waals surface area contributed by atoms with Gasteiger partial charge in [0.25, 0.3) is 0 Å². The summed E-state index contributed by atoms with van der Waals surface area (Å²) in [5, 5.41) is 10.0. The minimum Gasteiger partial charge on any atom is -0.484 e. The first-order chi connectivity index (χ1) is 22.0. The maximum absolute atomic E-state index is 13.0. The zero-order valence-electron chi connectivity index (χ0n) is 24.9. The van der Waals surface area contributed by atoms with Gasteiger partial charge in [-0.05, 0) is 66.8 Å². The van der Waals surface area contributed by atoms with Crippen molar-refractivity contribution in [2.75, 3.05) is 23.1 Å². The van der Waals surface area contributed by atoms with E-state index in [9.17, 15) is 22.8 Å². The fourth-order valence-electron chi connectivity index (χ4n) is 4.19. The number of carbonyl (C=O) groups excluding carboxylic acids is 2. The Morgan fingerprint density at radius 1 is 1.13 bits per heavy atom. The lowest BCUT2D eigenvalue weighted by Gasteiger charge is -2.30. The lowest BCUT2D eigenvalue weighted by atomic mass is 10.1. The molecule has 0 fully saturated rings. The molecule has 4 rings (SSSR count). The van der Waals surface area contributed by atoms with Gasteiger partial charge in [-0.15, -0.1) is 30.0 Å². The maximum atomic E-state index is 13.0. The molecule has 0 saturated heterocycles. The Hall–Kier alpha value is -4.47. The number of hydrogen-bond acceptors (Lipinski definition) is 8. The molecular formula is C30H30ClF3N6O5S. The van der Waals surface area contributed by atoms with Crippen LogP contribution in [0.2, 0.25) is 5.02 Å². The standard InChI is InChI=1S/C30H30ClF3N6O5S/c1-4-46-29(39(18-41)25-13-19(2)5-6-20(25)15-43-3)37-28(42)36-21-7-12-26(24(31)14-21)44-16-27-35-17-40(38-27)22-8-10-23(11-9-22)45-30(32,33)34/h5-14,17-18,29H,4,15-16H2,1-3H3,(H2,36,37,42). The third-order valence-electron chi connectivity index (χ3n) is 6.18. The van der Waals surface area contributed by atoms with Crippen molar-refractivity contribution in [3.63, 3.8) is 0 Å². The first-order valence-corrected chi connectivity index (χ1v) is 15.1. The molecule has 3 amide bonds. The molecule has 1 heterocycles. The topological polar surface area (TPSA) is 120 Å². The number of halogens is 4. The lowest BCUT2D eigenvalue weighted by molar-refractivity contribution is -0.274. The minimum absolute atomic E-state index is 0.0588. The van der Waals surface area contributed by atoms with E-state index >= 15 is 0 Å². The Bertz CT molecular complexity index is 1640. The van der Waals surface area contributed by atoms with Crippen LogP contribution in [0.4, 0.5) is 29.3 Å². The monoisotopic (exact) mass is 678 g/mol. The second-order valence-electron chi connectivity index (χ2n) is 9.56. The molecule has 11 nitrogen and oxygen atoms in total. The second kappa shape index (κ2) is 15.7. The van der Waals surface area contributed by atoms with Gasteiger partial charge >= 0.3 is 12.4 Å². The quantitative estimate of drug-likeness (QED) is 0.112. The highest BCUT2D eigenvalue weighted by atomic mass is 35.5. The fraction of sp³-hybridized carbons (Fsp3) is 0.267. The van der Waals surface area contributed by atoms with E-state index in [0.29, 0.717) is 41.6 Å². The summed E-state index contributed by atoms with van der Waals surface area (Å²) in [7, 11) is 1.57. The zero-order chi connectivity index (χ0) is 33.3. The summed E-state index contributed by atoms with van der Waals surface area (Å²) in [6.07, 6.45) is -2.72. The highest BCUT2D eigenvalue weighted by Crippen LogP contribution is 2.30. The van der Waals surface area contributed by atoms with Crippen molar-refractivity contribution in [3.05, 3.63) is 89.0 Å². The normalized spacial score (nSPS) is 11.9. The van der Waals surface area contributed by atoms with Gasteiger partial charge in [-0.25, -0.2) is 14.5 Å². The van der Waals surface area contributed by atoms with Crippen molar-refractivity contribution < 1.29 is 37.0 Å². The number of rotatable bonds is 14. The summed E-state index contributed by atoms with van der Waals surface area (Å²) in [5.74, 6) is 0.852. The molecule has 0 aliphatic rings. The molecule has 16 heteroatoms. The number of aromatic nitrogens is 3. The van der Waals surface area contributed by atoms with Crippen LogP contribution in [-0.2, 0) is 22.7 Å². The molecular weight excluding hydrogens is 649 g/mol. The smallest absolute Gasteiger partial charge is 0.484 e. The van der Waals surface area contributed by atoms with Gasteiger partial charge in [0, 0.05) is 18.4 Å². The number of anilines is 2. The zero-order valence-corrected chi connectivity index (χ0v) is 26.4. The minimum atomic E-state index is -4.78. The fourth-order valence-corrected chi connectivity index (χ4v) is 5.25. The number of nitrogens with zero attached hydrogens (tertiary/aromatic N) is 4. The molecule has 1 aromatic heterocycles. The van der Waals surface area contributed by atoms with Crippen LogP contribution in [0, 0.1) is 6.92 Å². The van der Waals surface area contributed by atoms with Gasteiger partial charge in [-0.2, -0.15) is 0 Å². The largest absolute Gasteiger partial charge is 0.573 e. The van der Waals surface area contributed by atoms with Crippen molar-refractivity contribution in [1.29, 1.82) is 0 Å². The molecule has 4 aromatic rings. The van der Waals surface area contributed by atoms with Gasteiger partial charge in [-0.3, -0.25) is 9.69 Å². The Morgan fingerprint density at radius 2 is 1.89 bits per heavy atom. The van der Waals surface area contributed by atoms with E-state index < -0.39 is 17.9 Å². The van der Waals surface area contributed by atoms with E-state index in [-0.39, 0.29) is 23.2 Å². The van der Waals surface area contributed by atoms with E-state index in [1.54, 1.807) is 19.2 Å². The van der Waals surface area contributed by atoms with Crippen molar-refractivity contribution in [1.82, 2.24) is 20.1 Å². The van der Waals surface area contributed by atoms with Crippen molar-refractivity contribution in [2.24, 2.45) is 0 Å². The molecule has 0 saturated carbocycles. The molecule has 0 aliphatic carbocycles. The maximum Gasteiger partial charge on any atom is 0.573 e. The van der Waals surface area contributed by atoms with Gasteiger partial charge < -0.3 is 24.8 Å². The molecule has 0 radical (unpaired) electrons. The SMILES string of the molecule is CCSC(NC(=O)Nc1ccc(OCc2ncn(-c3ccc(OC(F)(F)F)cc3)n2)c(Cl)c1)N(C=O)c1cc(C)ccc1COC. The van der Waals surface area contributed by atoms with Gasteiger partial charge in [0.05, 0.1) is 23.0 Å². The first kappa shape index (κ1) is 34.4. The average Bonchev–Trinajstić information content (AvgIpc) is 3.47. The number of alkyl halides is 3. The Morgan fingerprint density at radius 3 is 2.54 bits per heavy atom. The number of amides is 3. The molecule has 3 aromatic carbocycles. The van der Waals surface area contributed by atoms with Crippen LogP contribution in [0.25, 0.3) is 5.69 Å². The Kier molecular flexibility index (Phi) is 11.7. The second-order valence-corrected chi connectivity index (χ2v) is 11.3. The number of ether oxygens (including phenoxy) is 3. The lowest BCUT2D eigenvalue weighted by Crippen LogP contribution is -2.47. The summed E-state index contributed by atoms with van der Waals surface area (Å²) in [4.78, 5) is 30.8. The number of benzene rings is 3. The third-order valence-corrected chi connectivity index (χ3v) is 7.47. The van der Waals surface area contributed by atoms with Crippen LogP contribution in [0.5, 0.6) is 11.5 Å². The molecule has 244 valence electrons. The Labute approximate surface area is 272 Å². The number of aryl methyl sites for hydroxylation is 1. The molecule has 1 atom stereocenters. The van der Waals surface area contributed by atoms with Gasteiger partial charge in [-0.1, -0.05) is 30.7 Å². The van der Waals surface area contributed by atoms with Gasteiger partial charge in [0.15, 0.2) is 11.3 Å². The molecule has 0 bridgehead atoms. The Balaban J connectivity index is 1.36. The third kappa shape index (κ3) is 9.52. The molecule has 1 unspecified atom stereocenters. The van der Waals surface area contributed by atoms with E-state index in [1.165, 1.54) is 58.0 Å².